The van der Waals surface area contributed by atoms with Crippen molar-refractivity contribution in [1.82, 2.24) is 5.32 Å². The van der Waals surface area contributed by atoms with Gasteiger partial charge in [0.1, 0.15) is 5.82 Å². The summed E-state index contributed by atoms with van der Waals surface area (Å²) in [5, 5.41) is 3.20. The van der Waals surface area contributed by atoms with Crippen LogP contribution in [0.15, 0.2) is 42.5 Å². The highest BCUT2D eigenvalue weighted by Crippen LogP contribution is 2.10. The van der Waals surface area contributed by atoms with Gasteiger partial charge in [0.05, 0.1) is 0 Å². The molecule has 2 aromatic carbocycles. The second kappa shape index (κ2) is 6.57. The van der Waals surface area contributed by atoms with Crippen LogP contribution in [0.4, 0.5) is 13.2 Å². The van der Waals surface area contributed by atoms with Crippen molar-refractivity contribution in [3.63, 3.8) is 0 Å². The van der Waals surface area contributed by atoms with Crippen LogP contribution in [0, 0.1) is 17.5 Å². The van der Waals surface area contributed by atoms with Gasteiger partial charge in [0.15, 0.2) is 11.6 Å². The fourth-order valence-electron chi connectivity index (χ4n) is 2.03. The molecule has 0 saturated heterocycles. The Bertz CT molecular complexity index is 584. The lowest BCUT2D eigenvalue weighted by Crippen LogP contribution is -2.27. The SMILES string of the molecule is CC(Cc1cccc(F)c1)NCc1ccc(F)c(F)c1. The molecule has 2 aromatic rings. The smallest absolute Gasteiger partial charge is 0.159 e. The number of nitrogens with one attached hydrogen (secondary N) is 1. The molecule has 4 heteroatoms. The maximum atomic E-state index is 13.1. The Kier molecular flexibility index (Phi) is 4.79. The number of halogens is 3. The van der Waals surface area contributed by atoms with Gasteiger partial charge in [-0.2, -0.15) is 0 Å². The molecule has 0 fully saturated rings. The Morgan fingerprint density at radius 2 is 1.75 bits per heavy atom. The third-order valence-corrected chi connectivity index (χ3v) is 3.07. The molecule has 1 unspecified atom stereocenters. The molecule has 20 heavy (non-hydrogen) atoms. The van der Waals surface area contributed by atoms with Gasteiger partial charge in [0, 0.05) is 12.6 Å². The van der Waals surface area contributed by atoms with Gasteiger partial charge in [-0.1, -0.05) is 18.2 Å². The predicted octanol–water partition coefficient (Wildman–Crippen LogP) is 3.82. The molecule has 0 aliphatic heterocycles. The zero-order valence-corrected chi connectivity index (χ0v) is 11.2. The van der Waals surface area contributed by atoms with Crippen LogP contribution in [0.2, 0.25) is 0 Å². The summed E-state index contributed by atoms with van der Waals surface area (Å²) < 4.78 is 38.9. The summed E-state index contributed by atoms with van der Waals surface area (Å²) in [5.74, 6) is -1.95. The van der Waals surface area contributed by atoms with E-state index in [-0.39, 0.29) is 11.9 Å². The molecule has 1 N–H and O–H groups in total. The van der Waals surface area contributed by atoms with Crippen molar-refractivity contribution in [1.29, 1.82) is 0 Å². The van der Waals surface area contributed by atoms with Gasteiger partial charge in [-0.3, -0.25) is 0 Å². The lowest BCUT2D eigenvalue weighted by molar-refractivity contribution is 0.502. The minimum Gasteiger partial charge on any atom is -0.310 e. The van der Waals surface area contributed by atoms with Gasteiger partial charge in [-0.15, -0.1) is 0 Å². The number of hydrogen-bond donors (Lipinski definition) is 1. The molecule has 1 nitrogen and oxygen atoms in total. The lowest BCUT2D eigenvalue weighted by Gasteiger charge is -2.14. The van der Waals surface area contributed by atoms with E-state index in [1.165, 1.54) is 18.2 Å². The molecule has 0 spiro atoms. The highest BCUT2D eigenvalue weighted by Gasteiger charge is 2.06. The number of benzene rings is 2. The van der Waals surface area contributed by atoms with Crippen LogP contribution in [0.3, 0.4) is 0 Å². The van der Waals surface area contributed by atoms with Gasteiger partial charge < -0.3 is 5.32 Å². The Balaban J connectivity index is 1.88. The molecule has 1 atom stereocenters. The quantitative estimate of drug-likeness (QED) is 0.877. The average Bonchev–Trinajstić information content (AvgIpc) is 2.40. The molecule has 0 amide bonds. The topological polar surface area (TPSA) is 12.0 Å². The summed E-state index contributed by atoms with van der Waals surface area (Å²) in [4.78, 5) is 0. The first-order valence-corrected chi connectivity index (χ1v) is 6.46. The summed E-state index contributed by atoms with van der Waals surface area (Å²) in [7, 11) is 0. The van der Waals surface area contributed by atoms with E-state index in [1.54, 1.807) is 12.1 Å². The molecule has 0 aromatic heterocycles. The molecule has 0 saturated carbocycles. The van der Waals surface area contributed by atoms with E-state index in [2.05, 4.69) is 5.32 Å². The molecular weight excluding hydrogens is 263 g/mol. The molecule has 0 aliphatic rings. The fourth-order valence-corrected chi connectivity index (χ4v) is 2.03. The maximum absolute atomic E-state index is 13.1. The summed E-state index contributed by atoms with van der Waals surface area (Å²) in [6.45, 7) is 2.40. The normalized spacial score (nSPS) is 12.4. The predicted molar refractivity (Wildman–Crippen MR) is 72.8 cm³/mol. The van der Waals surface area contributed by atoms with E-state index in [0.717, 1.165) is 11.6 Å². The first kappa shape index (κ1) is 14.6. The second-order valence-electron chi connectivity index (χ2n) is 4.86. The highest BCUT2D eigenvalue weighted by molar-refractivity contribution is 5.19. The zero-order chi connectivity index (χ0) is 14.5. The third-order valence-electron chi connectivity index (χ3n) is 3.07. The first-order chi connectivity index (χ1) is 9.54. The van der Waals surface area contributed by atoms with Crippen molar-refractivity contribution in [3.05, 3.63) is 71.0 Å². The molecule has 0 radical (unpaired) electrons. The Morgan fingerprint density at radius 3 is 2.45 bits per heavy atom. The van der Waals surface area contributed by atoms with Crippen molar-refractivity contribution in [3.8, 4) is 0 Å². The van der Waals surface area contributed by atoms with Crippen LogP contribution < -0.4 is 5.32 Å². The van der Waals surface area contributed by atoms with Crippen molar-refractivity contribution < 1.29 is 13.2 Å². The highest BCUT2D eigenvalue weighted by atomic mass is 19.2. The molecule has 0 heterocycles. The van der Waals surface area contributed by atoms with E-state index in [1.807, 2.05) is 13.0 Å². The Labute approximate surface area is 116 Å². The van der Waals surface area contributed by atoms with Crippen LogP contribution in [-0.2, 0) is 13.0 Å². The van der Waals surface area contributed by atoms with E-state index < -0.39 is 11.6 Å². The number of hydrogen-bond acceptors (Lipinski definition) is 1. The van der Waals surface area contributed by atoms with E-state index in [4.69, 9.17) is 0 Å². The largest absolute Gasteiger partial charge is 0.310 e. The minimum absolute atomic E-state index is 0.102. The van der Waals surface area contributed by atoms with Crippen LogP contribution in [0.25, 0.3) is 0 Å². The maximum Gasteiger partial charge on any atom is 0.159 e. The Hall–Kier alpha value is -1.81. The standard InChI is InChI=1S/C16H16F3N/c1-11(7-12-3-2-4-14(17)8-12)20-10-13-5-6-15(18)16(19)9-13/h2-6,8-9,11,20H,7,10H2,1H3. The molecule has 0 bridgehead atoms. The van der Waals surface area contributed by atoms with Crippen LogP contribution in [-0.4, -0.2) is 6.04 Å². The lowest BCUT2D eigenvalue weighted by atomic mass is 10.1. The minimum atomic E-state index is -0.846. The summed E-state index contributed by atoms with van der Waals surface area (Å²) >= 11 is 0. The number of rotatable bonds is 5. The third kappa shape index (κ3) is 4.10. The van der Waals surface area contributed by atoms with Crippen molar-refractivity contribution >= 4 is 0 Å². The summed E-state index contributed by atoms with van der Waals surface area (Å²) in [6.07, 6.45) is 0.668. The van der Waals surface area contributed by atoms with Crippen LogP contribution >= 0.6 is 0 Å². The van der Waals surface area contributed by atoms with E-state index >= 15 is 0 Å². The van der Waals surface area contributed by atoms with E-state index in [9.17, 15) is 13.2 Å². The van der Waals surface area contributed by atoms with Crippen LogP contribution in [0.5, 0.6) is 0 Å². The van der Waals surface area contributed by atoms with Crippen LogP contribution in [0.1, 0.15) is 18.1 Å². The first-order valence-electron chi connectivity index (χ1n) is 6.46. The zero-order valence-electron chi connectivity index (χ0n) is 11.2. The average molecular weight is 279 g/mol. The van der Waals surface area contributed by atoms with Gasteiger partial charge in [0.2, 0.25) is 0 Å². The monoisotopic (exact) mass is 279 g/mol. The van der Waals surface area contributed by atoms with Gasteiger partial charge in [-0.25, -0.2) is 13.2 Å². The van der Waals surface area contributed by atoms with Gasteiger partial charge >= 0.3 is 0 Å². The summed E-state index contributed by atoms with van der Waals surface area (Å²) in [6, 6.07) is 10.4. The second-order valence-corrected chi connectivity index (χ2v) is 4.86. The van der Waals surface area contributed by atoms with Crippen molar-refractivity contribution in [2.75, 3.05) is 0 Å². The van der Waals surface area contributed by atoms with Gasteiger partial charge in [-0.05, 0) is 48.7 Å². The molecule has 0 aliphatic carbocycles. The van der Waals surface area contributed by atoms with Crippen molar-refractivity contribution in [2.45, 2.75) is 25.9 Å². The van der Waals surface area contributed by atoms with Crippen molar-refractivity contribution in [2.24, 2.45) is 0 Å². The summed E-state index contributed by atoms with van der Waals surface area (Å²) in [5.41, 5.74) is 1.57. The molecule has 2 rings (SSSR count). The molecule has 106 valence electrons. The van der Waals surface area contributed by atoms with Gasteiger partial charge in [0.25, 0.3) is 0 Å². The molecular formula is C16H16F3N. The fraction of sp³-hybridized carbons (Fsp3) is 0.250. The Morgan fingerprint density at radius 1 is 0.950 bits per heavy atom. The van der Waals surface area contributed by atoms with E-state index in [0.29, 0.717) is 18.5 Å².